The molecule has 1 amide bonds. The third-order valence-corrected chi connectivity index (χ3v) is 3.98. The van der Waals surface area contributed by atoms with Gasteiger partial charge in [0.1, 0.15) is 5.82 Å². The van der Waals surface area contributed by atoms with Gasteiger partial charge in [-0.2, -0.15) is 0 Å². The van der Waals surface area contributed by atoms with Crippen molar-refractivity contribution < 1.29 is 9.32 Å². The molecule has 0 N–H and O–H groups in total. The zero-order chi connectivity index (χ0) is 14.8. The van der Waals surface area contributed by atoms with E-state index in [2.05, 4.69) is 21.6 Å². The number of nitrogens with zero attached hydrogens (tertiary/aromatic N) is 4. The number of amides is 1. The van der Waals surface area contributed by atoms with Crippen LogP contribution in [0.15, 0.2) is 23.0 Å². The third-order valence-electron chi connectivity index (χ3n) is 3.98. The quantitative estimate of drug-likeness (QED) is 0.868. The van der Waals surface area contributed by atoms with E-state index in [0.29, 0.717) is 18.3 Å². The lowest BCUT2D eigenvalue weighted by molar-refractivity contribution is 0.0636. The van der Waals surface area contributed by atoms with Gasteiger partial charge in [-0.15, -0.1) is 0 Å². The maximum atomic E-state index is 12.4. The highest BCUT2D eigenvalue weighted by Crippen LogP contribution is 2.24. The van der Waals surface area contributed by atoms with Crippen LogP contribution in [0.25, 0.3) is 0 Å². The molecule has 1 atom stereocenters. The minimum atomic E-state index is -0.0709. The second-order valence-electron chi connectivity index (χ2n) is 5.48. The normalized spacial score (nSPS) is 19.0. The van der Waals surface area contributed by atoms with E-state index in [1.165, 1.54) is 0 Å². The summed E-state index contributed by atoms with van der Waals surface area (Å²) in [6.45, 7) is 5.38. The van der Waals surface area contributed by atoms with E-state index >= 15 is 0 Å². The van der Waals surface area contributed by atoms with Crippen molar-refractivity contribution in [3.8, 4) is 0 Å². The summed E-state index contributed by atoms with van der Waals surface area (Å²) < 4.78 is 7.29. The van der Waals surface area contributed by atoms with Gasteiger partial charge >= 0.3 is 0 Å². The molecule has 6 nitrogen and oxygen atoms in total. The Kier molecular flexibility index (Phi) is 3.77. The second-order valence-corrected chi connectivity index (χ2v) is 5.48. The van der Waals surface area contributed by atoms with E-state index in [1.807, 2.05) is 24.2 Å². The van der Waals surface area contributed by atoms with Crippen LogP contribution in [0.5, 0.6) is 0 Å². The number of hydrogen-bond acceptors (Lipinski definition) is 4. The van der Waals surface area contributed by atoms with Crippen LogP contribution in [-0.2, 0) is 6.42 Å². The fraction of sp³-hybridized carbons (Fsp3) is 0.533. The molecular formula is C15H20N4O2. The van der Waals surface area contributed by atoms with Crippen molar-refractivity contribution in [2.75, 3.05) is 13.1 Å². The molecule has 6 heteroatoms. The fourth-order valence-corrected chi connectivity index (χ4v) is 2.94. The summed E-state index contributed by atoms with van der Waals surface area (Å²) in [5.74, 6) is 1.33. The van der Waals surface area contributed by atoms with Gasteiger partial charge in [0.25, 0.3) is 5.91 Å². The molecule has 1 unspecified atom stereocenters. The van der Waals surface area contributed by atoms with E-state index in [1.54, 1.807) is 6.07 Å². The summed E-state index contributed by atoms with van der Waals surface area (Å²) in [6, 6.07) is 1.99. The number of carbonyl (C=O) groups is 1. The molecule has 2 aromatic heterocycles. The van der Waals surface area contributed by atoms with Crippen LogP contribution < -0.4 is 0 Å². The van der Waals surface area contributed by atoms with Crippen molar-refractivity contribution in [1.29, 1.82) is 0 Å². The monoisotopic (exact) mass is 288 g/mol. The van der Waals surface area contributed by atoms with Crippen LogP contribution in [0.2, 0.25) is 0 Å². The standard InChI is InChI=1S/C15H20N4O2/c1-3-14-16-6-8-19(14)12-5-4-7-18(10-12)15(20)13-9-11(2)17-21-13/h6,8-9,12H,3-5,7,10H2,1-2H3. The Balaban J connectivity index is 1.75. The molecule has 21 heavy (non-hydrogen) atoms. The molecule has 0 aliphatic carbocycles. The molecule has 1 fully saturated rings. The van der Waals surface area contributed by atoms with Crippen LogP contribution in [0.1, 0.15) is 47.9 Å². The molecule has 1 saturated heterocycles. The largest absolute Gasteiger partial charge is 0.351 e. The fourth-order valence-electron chi connectivity index (χ4n) is 2.94. The van der Waals surface area contributed by atoms with Crippen LogP contribution >= 0.6 is 0 Å². The maximum Gasteiger partial charge on any atom is 0.292 e. The molecule has 3 heterocycles. The lowest BCUT2D eigenvalue weighted by Gasteiger charge is -2.33. The van der Waals surface area contributed by atoms with E-state index in [-0.39, 0.29) is 5.91 Å². The highest BCUT2D eigenvalue weighted by atomic mass is 16.5. The molecule has 0 radical (unpaired) electrons. The first-order valence-electron chi connectivity index (χ1n) is 7.43. The Hall–Kier alpha value is -2.11. The molecule has 3 rings (SSSR count). The van der Waals surface area contributed by atoms with Crippen LogP contribution in [0.3, 0.4) is 0 Å². The predicted molar refractivity (Wildman–Crippen MR) is 77.0 cm³/mol. The van der Waals surface area contributed by atoms with Gasteiger partial charge in [-0.1, -0.05) is 12.1 Å². The van der Waals surface area contributed by atoms with Crippen molar-refractivity contribution >= 4 is 5.91 Å². The van der Waals surface area contributed by atoms with E-state index in [0.717, 1.165) is 37.3 Å². The Morgan fingerprint density at radius 1 is 1.52 bits per heavy atom. The Labute approximate surface area is 123 Å². The molecule has 1 aliphatic rings. The predicted octanol–water partition coefficient (Wildman–Crippen LogP) is 2.22. The molecule has 2 aromatic rings. The zero-order valence-corrected chi connectivity index (χ0v) is 12.5. The van der Waals surface area contributed by atoms with Gasteiger partial charge in [0, 0.05) is 38.0 Å². The second kappa shape index (κ2) is 5.71. The minimum absolute atomic E-state index is 0.0709. The number of piperidine rings is 1. The highest BCUT2D eigenvalue weighted by Gasteiger charge is 2.28. The van der Waals surface area contributed by atoms with E-state index < -0.39 is 0 Å². The number of aryl methyl sites for hydroxylation is 2. The average molecular weight is 288 g/mol. The molecule has 0 spiro atoms. The minimum Gasteiger partial charge on any atom is -0.351 e. The molecule has 0 saturated carbocycles. The molecule has 0 aromatic carbocycles. The lowest BCUT2D eigenvalue weighted by Crippen LogP contribution is -2.40. The molecule has 1 aliphatic heterocycles. The Bertz CT molecular complexity index is 631. The van der Waals surface area contributed by atoms with Crippen molar-refractivity contribution in [2.24, 2.45) is 0 Å². The highest BCUT2D eigenvalue weighted by molar-refractivity contribution is 5.91. The summed E-state index contributed by atoms with van der Waals surface area (Å²) in [7, 11) is 0. The molecule has 112 valence electrons. The number of likely N-dealkylation sites (tertiary alicyclic amines) is 1. The van der Waals surface area contributed by atoms with E-state index in [4.69, 9.17) is 4.52 Å². The van der Waals surface area contributed by atoms with Crippen molar-refractivity contribution in [1.82, 2.24) is 19.6 Å². The molecule has 0 bridgehead atoms. The summed E-state index contributed by atoms with van der Waals surface area (Å²) in [5, 5.41) is 3.79. The smallest absolute Gasteiger partial charge is 0.292 e. The van der Waals surface area contributed by atoms with Gasteiger partial charge < -0.3 is 14.0 Å². The van der Waals surface area contributed by atoms with Gasteiger partial charge in [0.2, 0.25) is 5.76 Å². The lowest BCUT2D eigenvalue weighted by atomic mass is 10.0. The number of imidazole rings is 1. The number of rotatable bonds is 3. The third kappa shape index (κ3) is 2.70. The number of carbonyl (C=O) groups excluding carboxylic acids is 1. The summed E-state index contributed by atoms with van der Waals surface area (Å²) in [5.41, 5.74) is 0.731. The number of hydrogen-bond donors (Lipinski definition) is 0. The van der Waals surface area contributed by atoms with Crippen LogP contribution in [0, 0.1) is 6.92 Å². The number of aromatic nitrogens is 3. The Morgan fingerprint density at radius 2 is 2.38 bits per heavy atom. The average Bonchev–Trinajstić information content (AvgIpc) is 3.15. The van der Waals surface area contributed by atoms with Gasteiger partial charge in [-0.25, -0.2) is 4.98 Å². The van der Waals surface area contributed by atoms with Crippen LogP contribution in [0.4, 0.5) is 0 Å². The Morgan fingerprint density at radius 3 is 3.10 bits per heavy atom. The SMILES string of the molecule is CCc1nccn1C1CCCN(C(=O)c2cc(C)no2)C1. The first kappa shape index (κ1) is 13.9. The summed E-state index contributed by atoms with van der Waals surface area (Å²) >= 11 is 0. The zero-order valence-electron chi connectivity index (χ0n) is 12.5. The maximum absolute atomic E-state index is 12.4. The first-order valence-corrected chi connectivity index (χ1v) is 7.43. The summed E-state index contributed by atoms with van der Waals surface area (Å²) in [6.07, 6.45) is 6.81. The van der Waals surface area contributed by atoms with Crippen LogP contribution in [-0.4, -0.2) is 38.6 Å². The molecular weight excluding hydrogens is 268 g/mol. The van der Waals surface area contributed by atoms with Crippen molar-refractivity contribution in [2.45, 2.75) is 39.2 Å². The van der Waals surface area contributed by atoms with Crippen molar-refractivity contribution in [3.05, 3.63) is 35.7 Å². The van der Waals surface area contributed by atoms with E-state index in [9.17, 15) is 4.79 Å². The van der Waals surface area contributed by atoms with Gasteiger partial charge in [0.05, 0.1) is 11.7 Å². The van der Waals surface area contributed by atoms with Gasteiger partial charge in [-0.3, -0.25) is 4.79 Å². The first-order chi connectivity index (χ1) is 10.2. The van der Waals surface area contributed by atoms with Crippen molar-refractivity contribution in [3.63, 3.8) is 0 Å². The summed E-state index contributed by atoms with van der Waals surface area (Å²) in [4.78, 5) is 18.7. The topological polar surface area (TPSA) is 64.2 Å². The van der Waals surface area contributed by atoms with Gasteiger partial charge in [0.15, 0.2) is 0 Å². The van der Waals surface area contributed by atoms with Gasteiger partial charge in [-0.05, 0) is 19.8 Å².